The molecule has 1 aliphatic heterocycles. The van der Waals surface area contributed by atoms with Gasteiger partial charge in [0.05, 0.1) is 18.5 Å². The minimum Gasteiger partial charge on any atom is -0.495 e. The standard InChI is InChI=1S/C28H25Cl2N3O4/c1-3-4-6-17-9-12-21(13-10-17)33-27(35)24(30)25(28(33)36)31-20-8-5-7-18(15-20)26(34)32-22-16-19(29)11-14-23(22)37-2/h5,7-16,31H,3-4,6H2,1-2H3,(H,32,34). The van der Waals surface area contributed by atoms with Gasteiger partial charge in [0.2, 0.25) is 0 Å². The molecule has 3 amide bonds. The maximum Gasteiger partial charge on any atom is 0.283 e. The summed E-state index contributed by atoms with van der Waals surface area (Å²) in [6, 6.07) is 18.6. The van der Waals surface area contributed by atoms with Crippen LogP contribution in [0.5, 0.6) is 5.75 Å². The second kappa shape index (κ2) is 11.5. The Hall–Kier alpha value is -3.81. The molecule has 1 heterocycles. The van der Waals surface area contributed by atoms with Gasteiger partial charge >= 0.3 is 0 Å². The van der Waals surface area contributed by atoms with E-state index in [1.54, 1.807) is 54.6 Å². The van der Waals surface area contributed by atoms with Crippen molar-refractivity contribution in [1.29, 1.82) is 0 Å². The third-order valence-corrected chi connectivity index (χ3v) is 6.43. The largest absolute Gasteiger partial charge is 0.495 e. The highest BCUT2D eigenvalue weighted by Crippen LogP contribution is 2.31. The van der Waals surface area contributed by atoms with Gasteiger partial charge in [-0.3, -0.25) is 14.4 Å². The van der Waals surface area contributed by atoms with E-state index in [2.05, 4.69) is 17.6 Å². The van der Waals surface area contributed by atoms with Gasteiger partial charge in [0.1, 0.15) is 16.5 Å². The van der Waals surface area contributed by atoms with Crippen LogP contribution in [0.2, 0.25) is 5.02 Å². The van der Waals surface area contributed by atoms with Gasteiger partial charge < -0.3 is 15.4 Å². The third kappa shape index (κ3) is 5.79. The van der Waals surface area contributed by atoms with Crippen molar-refractivity contribution in [3.8, 4) is 5.75 Å². The Morgan fingerprint density at radius 1 is 0.973 bits per heavy atom. The van der Waals surface area contributed by atoms with Gasteiger partial charge in [0.15, 0.2) is 0 Å². The van der Waals surface area contributed by atoms with Crippen molar-refractivity contribution in [3.05, 3.63) is 93.6 Å². The molecule has 0 spiro atoms. The van der Waals surface area contributed by atoms with E-state index in [0.717, 1.165) is 29.7 Å². The number of anilines is 3. The molecule has 37 heavy (non-hydrogen) atoms. The summed E-state index contributed by atoms with van der Waals surface area (Å²) >= 11 is 12.3. The van der Waals surface area contributed by atoms with Crippen molar-refractivity contribution >= 4 is 58.0 Å². The van der Waals surface area contributed by atoms with Gasteiger partial charge in [0.25, 0.3) is 17.7 Å². The zero-order chi connectivity index (χ0) is 26.5. The average molecular weight is 538 g/mol. The lowest BCUT2D eigenvalue weighted by molar-refractivity contribution is -0.120. The van der Waals surface area contributed by atoms with Crippen molar-refractivity contribution in [2.45, 2.75) is 26.2 Å². The number of amides is 3. The number of nitrogens with zero attached hydrogens (tertiary/aromatic N) is 1. The van der Waals surface area contributed by atoms with E-state index < -0.39 is 17.7 Å². The lowest BCUT2D eigenvalue weighted by Crippen LogP contribution is -2.32. The van der Waals surface area contributed by atoms with Crippen molar-refractivity contribution in [1.82, 2.24) is 0 Å². The zero-order valence-corrected chi connectivity index (χ0v) is 21.8. The van der Waals surface area contributed by atoms with Crippen LogP contribution >= 0.6 is 23.2 Å². The van der Waals surface area contributed by atoms with Crippen LogP contribution < -0.4 is 20.3 Å². The quantitative estimate of drug-likeness (QED) is 0.309. The van der Waals surface area contributed by atoms with Crippen LogP contribution in [-0.4, -0.2) is 24.8 Å². The highest BCUT2D eigenvalue weighted by atomic mass is 35.5. The summed E-state index contributed by atoms with van der Waals surface area (Å²) in [5.74, 6) is -1.15. The number of unbranched alkanes of at least 4 members (excludes halogenated alkanes) is 1. The van der Waals surface area contributed by atoms with Gasteiger partial charge in [0, 0.05) is 16.3 Å². The van der Waals surface area contributed by atoms with Crippen LogP contribution in [0.15, 0.2) is 77.5 Å². The number of hydrogen-bond donors (Lipinski definition) is 2. The van der Waals surface area contributed by atoms with Crippen LogP contribution in [0.1, 0.15) is 35.7 Å². The van der Waals surface area contributed by atoms with E-state index in [0.29, 0.717) is 33.4 Å². The number of ether oxygens (including phenoxy) is 1. The molecule has 3 aromatic carbocycles. The predicted molar refractivity (Wildman–Crippen MR) is 146 cm³/mol. The van der Waals surface area contributed by atoms with Crippen molar-refractivity contribution in [2.24, 2.45) is 0 Å². The molecule has 0 unspecified atom stereocenters. The minimum absolute atomic E-state index is 0.0594. The number of nitrogens with one attached hydrogen (secondary N) is 2. The Balaban J connectivity index is 1.51. The maximum atomic E-state index is 13.1. The van der Waals surface area contributed by atoms with E-state index in [1.165, 1.54) is 7.11 Å². The summed E-state index contributed by atoms with van der Waals surface area (Å²) in [6.07, 6.45) is 3.07. The molecule has 2 N–H and O–H groups in total. The first kappa shape index (κ1) is 26.3. The monoisotopic (exact) mass is 537 g/mol. The molecule has 0 bridgehead atoms. The topological polar surface area (TPSA) is 87.7 Å². The van der Waals surface area contributed by atoms with E-state index in [1.807, 2.05) is 12.1 Å². The van der Waals surface area contributed by atoms with Crippen LogP contribution in [0, 0.1) is 0 Å². The SMILES string of the molecule is CCCCc1ccc(N2C(=O)C(Cl)=C(Nc3cccc(C(=O)Nc4cc(Cl)ccc4OC)c3)C2=O)cc1. The molecule has 190 valence electrons. The van der Waals surface area contributed by atoms with Crippen molar-refractivity contribution < 1.29 is 19.1 Å². The van der Waals surface area contributed by atoms with Crippen LogP contribution in [0.25, 0.3) is 0 Å². The highest BCUT2D eigenvalue weighted by Gasteiger charge is 2.39. The molecular weight excluding hydrogens is 513 g/mol. The number of hydrogen-bond acceptors (Lipinski definition) is 5. The number of aryl methyl sites for hydroxylation is 1. The molecule has 0 saturated heterocycles. The van der Waals surface area contributed by atoms with Gasteiger partial charge in [-0.2, -0.15) is 0 Å². The van der Waals surface area contributed by atoms with Crippen molar-refractivity contribution in [2.75, 3.05) is 22.6 Å². The van der Waals surface area contributed by atoms with Gasteiger partial charge in [-0.25, -0.2) is 4.90 Å². The lowest BCUT2D eigenvalue weighted by Gasteiger charge is -2.16. The predicted octanol–water partition coefficient (Wildman–Crippen LogP) is 6.38. The molecule has 0 atom stereocenters. The Bertz CT molecular complexity index is 1390. The molecular formula is C28H25Cl2N3O4. The Kier molecular flexibility index (Phi) is 8.16. The van der Waals surface area contributed by atoms with Gasteiger partial charge in [-0.1, -0.05) is 54.7 Å². The summed E-state index contributed by atoms with van der Waals surface area (Å²) in [5, 5.41) is 5.90. The first-order valence-corrected chi connectivity index (χ1v) is 12.5. The lowest BCUT2D eigenvalue weighted by atomic mass is 10.1. The summed E-state index contributed by atoms with van der Waals surface area (Å²) in [4.78, 5) is 39.9. The van der Waals surface area contributed by atoms with Gasteiger partial charge in [-0.15, -0.1) is 0 Å². The second-order valence-corrected chi connectivity index (χ2v) is 9.22. The molecule has 4 rings (SSSR count). The van der Waals surface area contributed by atoms with Gasteiger partial charge in [-0.05, 0) is 66.9 Å². The second-order valence-electron chi connectivity index (χ2n) is 8.41. The first-order valence-electron chi connectivity index (χ1n) is 11.7. The number of halogens is 2. The third-order valence-electron chi connectivity index (χ3n) is 5.84. The zero-order valence-electron chi connectivity index (χ0n) is 20.3. The van der Waals surface area contributed by atoms with Crippen LogP contribution in [-0.2, 0) is 16.0 Å². The number of imide groups is 1. The number of methoxy groups -OCH3 is 1. The first-order chi connectivity index (χ1) is 17.8. The fourth-order valence-corrected chi connectivity index (χ4v) is 4.28. The van der Waals surface area contributed by atoms with E-state index >= 15 is 0 Å². The molecule has 0 saturated carbocycles. The number of rotatable bonds is 9. The Morgan fingerprint density at radius 3 is 2.43 bits per heavy atom. The molecule has 7 nitrogen and oxygen atoms in total. The van der Waals surface area contributed by atoms with Crippen LogP contribution in [0.4, 0.5) is 17.1 Å². The fraction of sp³-hybridized carbons (Fsp3) is 0.179. The smallest absolute Gasteiger partial charge is 0.283 e. The van der Waals surface area contributed by atoms with Crippen molar-refractivity contribution in [3.63, 3.8) is 0 Å². The fourth-order valence-electron chi connectivity index (χ4n) is 3.89. The molecule has 0 aromatic heterocycles. The minimum atomic E-state index is -0.613. The molecule has 1 aliphatic rings. The van der Waals surface area contributed by atoms with Crippen LogP contribution in [0.3, 0.4) is 0 Å². The summed E-state index contributed by atoms with van der Waals surface area (Å²) in [5.41, 5.74) is 2.64. The number of carbonyl (C=O) groups is 3. The summed E-state index contributed by atoms with van der Waals surface area (Å²) < 4.78 is 5.27. The highest BCUT2D eigenvalue weighted by molar-refractivity contribution is 6.53. The van der Waals surface area contributed by atoms with E-state index in [-0.39, 0.29) is 10.7 Å². The molecule has 0 fully saturated rings. The molecule has 0 radical (unpaired) electrons. The molecule has 9 heteroatoms. The Labute approximate surface area is 225 Å². The molecule has 0 aliphatic carbocycles. The van der Waals surface area contributed by atoms with E-state index in [4.69, 9.17) is 27.9 Å². The Morgan fingerprint density at radius 2 is 1.73 bits per heavy atom. The normalized spacial score (nSPS) is 13.2. The summed E-state index contributed by atoms with van der Waals surface area (Å²) in [6.45, 7) is 2.12. The maximum absolute atomic E-state index is 13.1. The van der Waals surface area contributed by atoms with E-state index in [9.17, 15) is 14.4 Å². The molecule has 3 aromatic rings. The number of carbonyl (C=O) groups excluding carboxylic acids is 3. The summed E-state index contributed by atoms with van der Waals surface area (Å²) in [7, 11) is 1.49. The number of benzene rings is 3. The average Bonchev–Trinajstić information content (AvgIpc) is 3.11.